The minimum atomic E-state index is 0.185. The van der Waals surface area contributed by atoms with Crippen molar-refractivity contribution < 1.29 is 0 Å². The summed E-state index contributed by atoms with van der Waals surface area (Å²) in [5, 5.41) is 1.92. The van der Waals surface area contributed by atoms with Gasteiger partial charge in [-0.1, -0.05) is 22.7 Å². The summed E-state index contributed by atoms with van der Waals surface area (Å²) < 4.78 is 0.185. The Morgan fingerprint density at radius 1 is 1.60 bits per heavy atom. The van der Waals surface area contributed by atoms with Gasteiger partial charge in [0.15, 0.2) is 0 Å². The van der Waals surface area contributed by atoms with Crippen LogP contribution in [0, 0.1) is 0 Å². The lowest BCUT2D eigenvalue weighted by molar-refractivity contribution is 0.949. The summed E-state index contributed by atoms with van der Waals surface area (Å²) in [7, 11) is 0. The molecule has 1 heterocycles. The Morgan fingerprint density at radius 3 is 2.90 bits per heavy atom. The van der Waals surface area contributed by atoms with Crippen molar-refractivity contribution in [2.75, 3.05) is 5.88 Å². The van der Waals surface area contributed by atoms with Crippen LogP contribution < -0.4 is 4.06 Å². The van der Waals surface area contributed by atoms with Gasteiger partial charge in [0.2, 0.25) is 0 Å². The van der Waals surface area contributed by atoms with Crippen molar-refractivity contribution in [3.63, 3.8) is 0 Å². The van der Waals surface area contributed by atoms with Gasteiger partial charge in [-0.05, 0) is 12.8 Å². The van der Waals surface area contributed by atoms with Gasteiger partial charge < -0.3 is 0 Å². The van der Waals surface area contributed by atoms with E-state index in [0.717, 1.165) is 17.7 Å². The lowest BCUT2D eigenvalue weighted by atomic mass is 10.3. The van der Waals surface area contributed by atoms with Crippen LogP contribution in [0.3, 0.4) is 0 Å². The van der Waals surface area contributed by atoms with Gasteiger partial charge >= 0.3 is 0 Å². The third-order valence-corrected chi connectivity index (χ3v) is 3.36. The molecule has 0 saturated heterocycles. The molecule has 10 heavy (non-hydrogen) atoms. The zero-order valence-corrected chi connectivity index (χ0v) is 7.69. The fourth-order valence-electron chi connectivity index (χ4n) is 0.620. The SMILES string of the molecule is O=c1scc(CCCCl)s1. The van der Waals surface area contributed by atoms with E-state index >= 15 is 0 Å². The minimum absolute atomic E-state index is 0.185. The second kappa shape index (κ2) is 4.11. The van der Waals surface area contributed by atoms with Gasteiger partial charge in [0.1, 0.15) is 0 Å². The summed E-state index contributed by atoms with van der Waals surface area (Å²) in [4.78, 5) is 11.8. The highest BCUT2D eigenvalue weighted by atomic mass is 35.5. The molecule has 0 spiro atoms. The van der Waals surface area contributed by atoms with Crippen molar-refractivity contribution in [2.24, 2.45) is 0 Å². The van der Waals surface area contributed by atoms with Crippen molar-refractivity contribution >= 4 is 34.3 Å². The van der Waals surface area contributed by atoms with Crippen LogP contribution in [0.2, 0.25) is 0 Å². The highest BCUT2D eigenvalue weighted by molar-refractivity contribution is 7.26. The first-order chi connectivity index (χ1) is 4.83. The summed E-state index contributed by atoms with van der Waals surface area (Å²) >= 11 is 8.09. The Bertz CT molecular complexity index is 240. The van der Waals surface area contributed by atoms with Crippen LogP contribution in [-0.4, -0.2) is 5.88 Å². The molecule has 0 amide bonds. The molecule has 0 aliphatic carbocycles. The normalized spacial score (nSPS) is 10.1. The molecule has 0 radical (unpaired) electrons. The summed E-state index contributed by atoms with van der Waals surface area (Å²) in [6, 6.07) is 0. The Hall–Kier alpha value is 0.140. The molecule has 56 valence electrons. The van der Waals surface area contributed by atoms with Crippen LogP contribution in [-0.2, 0) is 6.42 Å². The van der Waals surface area contributed by atoms with E-state index in [1.54, 1.807) is 0 Å². The number of aryl methyl sites for hydroxylation is 1. The zero-order chi connectivity index (χ0) is 7.40. The summed E-state index contributed by atoms with van der Waals surface area (Å²) in [5.74, 6) is 0.677. The maximum Gasteiger partial charge on any atom is 0.287 e. The van der Waals surface area contributed by atoms with Gasteiger partial charge in [0.25, 0.3) is 4.06 Å². The standard InChI is InChI=1S/C6H7ClOS2/c7-3-1-2-5-4-9-6(8)10-5/h4H,1-3H2. The van der Waals surface area contributed by atoms with Crippen LogP contribution in [0.25, 0.3) is 0 Å². The topological polar surface area (TPSA) is 17.1 Å². The van der Waals surface area contributed by atoms with Gasteiger partial charge in [-0.2, -0.15) is 0 Å². The maximum absolute atomic E-state index is 10.7. The van der Waals surface area contributed by atoms with Crippen LogP contribution in [0.4, 0.5) is 0 Å². The van der Waals surface area contributed by atoms with Crippen molar-refractivity contribution in [1.29, 1.82) is 0 Å². The molecule has 0 aromatic carbocycles. The number of halogens is 1. The minimum Gasteiger partial charge on any atom is -0.265 e. The van der Waals surface area contributed by atoms with Crippen molar-refractivity contribution in [3.05, 3.63) is 19.1 Å². The van der Waals surface area contributed by atoms with Crippen molar-refractivity contribution in [2.45, 2.75) is 12.8 Å². The van der Waals surface area contributed by atoms with Crippen LogP contribution >= 0.6 is 34.3 Å². The molecular weight excluding hydrogens is 188 g/mol. The van der Waals surface area contributed by atoms with E-state index in [-0.39, 0.29) is 4.06 Å². The van der Waals surface area contributed by atoms with E-state index in [9.17, 15) is 4.79 Å². The van der Waals surface area contributed by atoms with Gasteiger partial charge in [-0.15, -0.1) is 11.6 Å². The van der Waals surface area contributed by atoms with Gasteiger partial charge in [0.05, 0.1) is 0 Å². The summed E-state index contributed by atoms with van der Waals surface area (Å²) in [6.45, 7) is 0. The fourth-order valence-corrected chi connectivity index (χ4v) is 2.55. The molecule has 0 unspecified atom stereocenters. The molecule has 0 bridgehead atoms. The Morgan fingerprint density at radius 2 is 2.40 bits per heavy atom. The second-order valence-electron chi connectivity index (χ2n) is 1.85. The van der Waals surface area contributed by atoms with E-state index in [2.05, 4.69) is 0 Å². The van der Waals surface area contributed by atoms with Gasteiger partial charge in [0, 0.05) is 16.1 Å². The quantitative estimate of drug-likeness (QED) is 0.676. The third kappa shape index (κ3) is 2.40. The van der Waals surface area contributed by atoms with E-state index < -0.39 is 0 Å². The van der Waals surface area contributed by atoms with Gasteiger partial charge in [-0.25, -0.2) is 0 Å². The molecular formula is C6H7ClOS2. The predicted octanol–water partition coefficient (Wildman–Crippen LogP) is 2.34. The molecule has 0 aliphatic rings. The van der Waals surface area contributed by atoms with Gasteiger partial charge in [-0.3, -0.25) is 4.79 Å². The molecule has 0 saturated carbocycles. The van der Waals surface area contributed by atoms with E-state index in [1.165, 1.54) is 22.7 Å². The molecule has 0 N–H and O–H groups in total. The molecule has 1 nitrogen and oxygen atoms in total. The predicted molar refractivity (Wildman–Crippen MR) is 47.5 cm³/mol. The van der Waals surface area contributed by atoms with Crippen LogP contribution in [0.15, 0.2) is 10.2 Å². The lowest BCUT2D eigenvalue weighted by Crippen LogP contribution is -1.81. The number of rotatable bonds is 3. The third-order valence-electron chi connectivity index (χ3n) is 1.06. The second-order valence-corrected chi connectivity index (χ2v) is 4.42. The number of hydrogen-bond donors (Lipinski definition) is 0. The molecule has 0 atom stereocenters. The van der Waals surface area contributed by atoms with Crippen LogP contribution in [0.1, 0.15) is 11.3 Å². The average molecular weight is 195 g/mol. The van der Waals surface area contributed by atoms with E-state index in [1.807, 2.05) is 5.38 Å². The highest BCUT2D eigenvalue weighted by Crippen LogP contribution is 2.09. The Balaban J connectivity index is 2.50. The lowest BCUT2D eigenvalue weighted by Gasteiger charge is -1.88. The van der Waals surface area contributed by atoms with Crippen LogP contribution in [0.5, 0.6) is 0 Å². The summed E-state index contributed by atoms with van der Waals surface area (Å²) in [6.07, 6.45) is 1.92. The smallest absolute Gasteiger partial charge is 0.265 e. The highest BCUT2D eigenvalue weighted by Gasteiger charge is 1.95. The molecule has 4 heteroatoms. The van der Waals surface area contributed by atoms with Crippen molar-refractivity contribution in [3.8, 4) is 0 Å². The number of hydrogen-bond acceptors (Lipinski definition) is 3. The first-order valence-electron chi connectivity index (χ1n) is 2.96. The fraction of sp³-hybridized carbons (Fsp3) is 0.500. The Labute approximate surface area is 72.3 Å². The number of alkyl halides is 1. The zero-order valence-electron chi connectivity index (χ0n) is 5.30. The van der Waals surface area contributed by atoms with E-state index in [4.69, 9.17) is 11.6 Å². The molecule has 1 rings (SSSR count). The monoisotopic (exact) mass is 194 g/mol. The average Bonchev–Trinajstić information content (AvgIpc) is 2.31. The maximum atomic E-state index is 10.7. The molecule has 1 aromatic heterocycles. The summed E-state index contributed by atoms with van der Waals surface area (Å²) in [5.41, 5.74) is 0. The van der Waals surface area contributed by atoms with E-state index in [0.29, 0.717) is 5.88 Å². The molecule has 0 aliphatic heterocycles. The first-order valence-corrected chi connectivity index (χ1v) is 5.19. The largest absolute Gasteiger partial charge is 0.287 e. The molecule has 1 aromatic rings. The first kappa shape index (κ1) is 8.24. The molecule has 0 fully saturated rings. The Kier molecular flexibility index (Phi) is 3.39. The van der Waals surface area contributed by atoms with Crippen molar-refractivity contribution in [1.82, 2.24) is 0 Å².